The molecule has 0 atom stereocenters. The second kappa shape index (κ2) is 90.0. The Labute approximate surface area is 118 Å². The number of hydrogen-bond acceptors (Lipinski definition) is 0. The first-order valence-electron chi connectivity index (χ1n) is 0. The van der Waals surface area contributed by atoms with Crippen molar-refractivity contribution in [3.63, 3.8) is 0 Å². The Kier molecular flexibility index (Phi) is 1380. The fourth-order valence-corrected chi connectivity index (χ4v) is 0. The molecule has 0 aliphatic rings. The standard InChI is InChI=1S/C.Ca.6ClH/h;;6*1H/q+4;+2;;;;;;/p-6. The molecule has 0 unspecified atom stereocenters. The van der Waals surface area contributed by atoms with Crippen molar-refractivity contribution in [2.45, 2.75) is 0 Å². The molecule has 0 aromatic rings. The van der Waals surface area contributed by atoms with E-state index in [-0.39, 0.29) is 120 Å². The van der Waals surface area contributed by atoms with Crippen molar-refractivity contribution in [3.05, 3.63) is 7.43 Å². The molecule has 7 heteroatoms. The van der Waals surface area contributed by atoms with Crippen LogP contribution in [0.4, 0.5) is 0 Å². The molecule has 0 spiro atoms. The molecule has 0 aliphatic heterocycles. The van der Waals surface area contributed by atoms with Gasteiger partial charge in [0.25, 0.3) is 0 Å². The first kappa shape index (κ1) is 122. The molecule has 0 aliphatic carbocycles. The fourth-order valence-electron chi connectivity index (χ4n) is 0. The van der Waals surface area contributed by atoms with E-state index in [9.17, 15) is 0 Å². The van der Waals surface area contributed by atoms with Gasteiger partial charge in [-0.1, -0.05) is 0 Å². The van der Waals surface area contributed by atoms with Crippen molar-refractivity contribution in [2.24, 2.45) is 0 Å². The zero-order valence-electron chi connectivity index (χ0n) is 3.47. The van der Waals surface area contributed by atoms with Crippen molar-refractivity contribution < 1.29 is 74.4 Å². The van der Waals surface area contributed by atoms with Crippen LogP contribution in [0.2, 0.25) is 0 Å². The molecule has 0 amide bonds. The summed E-state index contributed by atoms with van der Waals surface area (Å²) in [5.74, 6) is 0. The Morgan fingerprint density at radius 3 is 0.375 bits per heavy atom. The third kappa shape index (κ3) is 64.0. The van der Waals surface area contributed by atoms with Crippen LogP contribution < -0.4 is 74.4 Å². The maximum absolute atomic E-state index is 0. The Bertz CT molecular complexity index is 8.49. The van der Waals surface area contributed by atoms with Crippen LogP contribution in [0.5, 0.6) is 0 Å². The molecule has 0 bridgehead atoms. The summed E-state index contributed by atoms with van der Waals surface area (Å²) in [6.07, 6.45) is 0. The Morgan fingerprint density at radius 1 is 0.375 bits per heavy atom. The monoisotopic (exact) mass is 262 g/mol. The predicted octanol–water partition coefficient (Wildman–Crippen LogP) is -18.3. The molecule has 0 heterocycles. The molecule has 0 rings (SSSR count). The zero-order chi connectivity index (χ0) is 0. The van der Waals surface area contributed by atoms with Gasteiger partial charge in [-0.3, -0.25) is 0 Å². The van der Waals surface area contributed by atoms with Crippen LogP contribution in [-0.4, -0.2) is 37.7 Å². The molecule has 8 heavy (non-hydrogen) atoms. The molecule has 0 saturated heterocycles. The van der Waals surface area contributed by atoms with E-state index >= 15 is 0 Å². The first-order chi connectivity index (χ1) is 0. The topological polar surface area (TPSA) is 0 Å². The van der Waals surface area contributed by atoms with Crippen LogP contribution in [0.3, 0.4) is 0 Å². The second-order valence-corrected chi connectivity index (χ2v) is 0. The van der Waals surface area contributed by atoms with Gasteiger partial charge in [-0.25, -0.2) is 0 Å². The average Bonchev–Trinajstić information content (AvgIpc) is 0. The molecular formula is CCaCl6. The van der Waals surface area contributed by atoms with Crippen molar-refractivity contribution in [1.82, 2.24) is 0 Å². The minimum absolute atomic E-state index is 0. The van der Waals surface area contributed by atoms with Crippen LogP contribution in [0.15, 0.2) is 0 Å². The molecule has 0 saturated carbocycles. The molecule has 0 aromatic heterocycles. The largest absolute Gasteiger partial charge is 4.00 e. The summed E-state index contributed by atoms with van der Waals surface area (Å²) in [4.78, 5) is 0. The molecule has 0 nitrogen and oxygen atoms in total. The quantitative estimate of drug-likeness (QED) is 0.381. The average molecular weight is 265 g/mol. The van der Waals surface area contributed by atoms with E-state index in [4.69, 9.17) is 0 Å². The molecule has 48 valence electrons. The SMILES string of the molecule is [C+4].[Ca+2].[Cl-].[Cl-].[Cl-].[Cl-].[Cl-].[Cl-]. The van der Waals surface area contributed by atoms with Gasteiger partial charge >= 0.3 is 45.2 Å². The second-order valence-electron chi connectivity index (χ2n) is 0. The predicted molar refractivity (Wildman–Crippen MR) is 9.00 cm³/mol. The van der Waals surface area contributed by atoms with Gasteiger partial charge in [0.05, 0.1) is 0 Å². The van der Waals surface area contributed by atoms with Gasteiger partial charge in [0.2, 0.25) is 0 Å². The summed E-state index contributed by atoms with van der Waals surface area (Å²) in [6, 6.07) is 0. The van der Waals surface area contributed by atoms with E-state index in [1.54, 1.807) is 0 Å². The normalized spacial score (nSPS) is 0. The molecule has 0 aromatic carbocycles. The molecule has 0 radical (unpaired) electrons. The van der Waals surface area contributed by atoms with E-state index in [0.29, 0.717) is 0 Å². The number of hydrogen-bond donors (Lipinski definition) is 0. The van der Waals surface area contributed by atoms with Crippen molar-refractivity contribution >= 4 is 37.7 Å². The maximum atomic E-state index is 0. The van der Waals surface area contributed by atoms with Crippen molar-refractivity contribution in [2.75, 3.05) is 0 Å². The van der Waals surface area contributed by atoms with Crippen LogP contribution in [-0.2, 0) is 0 Å². The van der Waals surface area contributed by atoms with Gasteiger partial charge < -0.3 is 74.4 Å². The smallest absolute Gasteiger partial charge is 1.00 e. The number of rotatable bonds is 0. The summed E-state index contributed by atoms with van der Waals surface area (Å²) in [5, 5.41) is 0. The van der Waals surface area contributed by atoms with E-state index in [2.05, 4.69) is 0 Å². The summed E-state index contributed by atoms with van der Waals surface area (Å²) >= 11 is 0. The van der Waals surface area contributed by atoms with Crippen molar-refractivity contribution in [1.29, 1.82) is 0 Å². The first-order valence-corrected chi connectivity index (χ1v) is 0. The zero-order valence-corrected chi connectivity index (χ0v) is 10.2. The van der Waals surface area contributed by atoms with Crippen LogP contribution in [0, 0.1) is 7.43 Å². The van der Waals surface area contributed by atoms with Gasteiger partial charge in [0, 0.05) is 0 Å². The third-order valence-electron chi connectivity index (χ3n) is 0. The van der Waals surface area contributed by atoms with E-state index in [1.165, 1.54) is 0 Å². The van der Waals surface area contributed by atoms with E-state index in [1.807, 2.05) is 0 Å². The van der Waals surface area contributed by atoms with Gasteiger partial charge in [0.15, 0.2) is 0 Å². The maximum Gasteiger partial charge on any atom is 4.00 e. The van der Waals surface area contributed by atoms with E-state index < -0.39 is 0 Å². The van der Waals surface area contributed by atoms with Gasteiger partial charge in [-0.15, -0.1) is 0 Å². The van der Waals surface area contributed by atoms with Crippen LogP contribution in [0.25, 0.3) is 0 Å². The summed E-state index contributed by atoms with van der Waals surface area (Å²) in [7, 11) is 0. The number of halogens is 6. The summed E-state index contributed by atoms with van der Waals surface area (Å²) < 4.78 is 0. The Morgan fingerprint density at radius 2 is 0.375 bits per heavy atom. The molecule has 0 fully saturated rings. The van der Waals surface area contributed by atoms with Crippen molar-refractivity contribution in [3.8, 4) is 0 Å². The van der Waals surface area contributed by atoms with Crippen LogP contribution >= 0.6 is 0 Å². The minimum Gasteiger partial charge on any atom is -1.00 e. The fraction of sp³-hybridized carbons (Fsp3) is 0. The minimum atomic E-state index is 0. The van der Waals surface area contributed by atoms with Gasteiger partial charge in [0.1, 0.15) is 0 Å². The Balaban J connectivity index is 0. The van der Waals surface area contributed by atoms with Crippen LogP contribution in [0.1, 0.15) is 0 Å². The summed E-state index contributed by atoms with van der Waals surface area (Å²) in [6.45, 7) is 0. The molecule has 0 N–H and O–H groups in total. The Hall–Kier alpha value is 3.00. The molecular weight excluding hydrogens is 265 g/mol. The van der Waals surface area contributed by atoms with E-state index in [0.717, 1.165) is 0 Å². The van der Waals surface area contributed by atoms with Gasteiger partial charge in [-0.05, 0) is 0 Å². The third-order valence-corrected chi connectivity index (χ3v) is 0. The van der Waals surface area contributed by atoms with Gasteiger partial charge in [-0.2, -0.15) is 0 Å². The summed E-state index contributed by atoms with van der Waals surface area (Å²) in [5.41, 5.74) is 0.